The molecule has 3 aromatic rings. The van der Waals surface area contributed by atoms with Gasteiger partial charge in [0.2, 0.25) is 0 Å². The van der Waals surface area contributed by atoms with Crippen LogP contribution in [0.2, 0.25) is 5.02 Å². The van der Waals surface area contributed by atoms with Crippen LogP contribution < -0.4 is 4.74 Å². The van der Waals surface area contributed by atoms with E-state index in [9.17, 15) is 9.50 Å². The number of nitrogens with zero attached hydrogens (tertiary/aromatic N) is 4. The summed E-state index contributed by atoms with van der Waals surface area (Å²) in [6.45, 7) is 5.14. The van der Waals surface area contributed by atoms with E-state index in [2.05, 4.69) is 14.8 Å². The molecule has 1 aromatic carbocycles. The van der Waals surface area contributed by atoms with Crippen LogP contribution >= 0.6 is 11.6 Å². The molecule has 2 aromatic heterocycles. The molecule has 1 aliphatic rings. The maximum absolute atomic E-state index is 12.9. The van der Waals surface area contributed by atoms with Gasteiger partial charge in [0.25, 0.3) is 0 Å². The predicted molar refractivity (Wildman–Crippen MR) is 110 cm³/mol. The van der Waals surface area contributed by atoms with Crippen molar-refractivity contribution in [3.05, 3.63) is 65.3 Å². The third-order valence-electron chi connectivity index (χ3n) is 5.04. The first-order valence-corrected chi connectivity index (χ1v) is 10.1. The number of rotatable bonds is 7. The average Bonchev–Trinajstić information content (AvgIpc) is 3.10. The lowest BCUT2D eigenvalue weighted by Gasteiger charge is -2.35. The Balaban J connectivity index is 1.21. The zero-order chi connectivity index (χ0) is 20.2. The summed E-state index contributed by atoms with van der Waals surface area (Å²) >= 11 is 6.03. The number of β-amino-alcohol motifs (C(OH)–C–C–N with tert-alkyl or cyclic N) is 1. The third kappa shape index (κ3) is 5.45. The quantitative estimate of drug-likeness (QED) is 0.639. The minimum absolute atomic E-state index is 0.190. The standard InChI is InChI=1S/C21H24ClFN4O2/c22-16-1-6-21-24-18(13-27(21)11-16)12-25-7-9-26(10-8-25)14-19(28)15-29-20-4-2-17(23)3-5-20/h1-6,11,13,19,28H,7-10,12,14-15H2/t19-/m1/s1. The molecule has 0 spiro atoms. The van der Waals surface area contributed by atoms with Crippen molar-refractivity contribution in [1.29, 1.82) is 0 Å². The van der Waals surface area contributed by atoms with Crippen molar-refractivity contribution in [1.82, 2.24) is 19.2 Å². The number of aliphatic hydroxyl groups excluding tert-OH is 1. The molecule has 0 aliphatic carbocycles. The number of benzene rings is 1. The first-order chi connectivity index (χ1) is 14.0. The first kappa shape index (κ1) is 20.1. The molecule has 154 valence electrons. The largest absolute Gasteiger partial charge is 0.491 e. The first-order valence-electron chi connectivity index (χ1n) is 9.69. The zero-order valence-corrected chi connectivity index (χ0v) is 16.8. The van der Waals surface area contributed by atoms with Crippen molar-refractivity contribution in [2.24, 2.45) is 0 Å². The molecule has 6 nitrogen and oxygen atoms in total. The number of aromatic nitrogens is 2. The van der Waals surface area contributed by atoms with Gasteiger partial charge in [0, 0.05) is 51.7 Å². The highest BCUT2D eigenvalue weighted by Gasteiger charge is 2.20. The van der Waals surface area contributed by atoms with Gasteiger partial charge in [0.1, 0.15) is 29.9 Å². The lowest BCUT2D eigenvalue weighted by molar-refractivity contribution is 0.0444. The number of hydrogen-bond acceptors (Lipinski definition) is 5. The molecule has 4 rings (SSSR count). The zero-order valence-electron chi connectivity index (χ0n) is 16.0. The topological polar surface area (TPSA) is 53.2 Å². The van der Waals surface area contributed by atoms with Gasteiger partial charge in [-0.15, -0.1) is 0 Å². The molecule has 0 unspecified atom stereocenters. The second kappa shape index (κ2) is 9.09. The number of aliphatic hydroxyl groups is 1. The summed E-state index contributed by atoms with van der Waals surface area (Å²) in [6, 6.07) is 9.58. The van der Waals surface area contributed by atoms with Gasteiger partial charge in [-0.2, -0.15) is 0 Å². The van der Waals surface area contributed by atoms with Gasteiger partial charge in [0.15, 0.2) is 0 Å². The molecular weight excluding hydrogens is 395 g/mol. The van der Waals surface area contributed by atoms with Gasteiger partial charge in [-0.05, 0) is 36.4 Å². The van der Waals surface area contributed by atoms with E-state index in [0.717, 1.165) is 44.1 Å². The second-order valence-electron chi connectivity index (χ2n) is 7.34. The Morgan fingerprint density at radius 1 is 1.03 bits per heavy atom. The molecule has 3 heterocycles. The fourth-order valence-corrected chi connectivity index (χ4v) is 3.69. The normalized spacial score (nSPS) is 16.9. The van der Waals surface area contributed by atoms with E-state index in [1.165, 1.54) is 12.1 Å². The van der Waals surface area contributed by atoms with Crippen molar-refractivity contribution >= 4 is 17.2 Å². The van der Waals surface area contributed by atoms with Crippen molar-refractivity contribution in [3.8, 4) is 5.75 Å². The van der Waals surface area contributed by atoms with Crippen molar-refractivity contribution in [2.45, 2.75) is 12.6 Å². The van der Waals surface area contributed by atoms with Crippen LogP contribution in [-0.2, 0) is 6.54 Å². The maximum Gasteiger partial charge on any atom is 0.137 e. The van der Waals surface area contributed by atoms with Crippen molar-refractivity contribution < 1.29 is 14.2 Å². The van der Waals surface area contributed by atoms with Gasteiger partial charge >= 0.3 is 0 Å². The minimum atomic E-state index is -0.588. The molecule has 1 saturated heterocycles. The Morgan fingerprint density at radius 2 is 1.76 bits per heavy atom. The van der Waals surface area contributed by atoms with E-state index in [1.54, 1.807) is 12.1 Å². The maximum atomic E-state index is 12.9. The predicted octanol–water partition coefficient (Wildman–Crippen LogP) is 2.68. The highest BCUT2D eigenvalue weighted by Crippen LogP contribution is 2.15. The molecule has 0 saturated carbocycles. The summed E-state index contributed by atoms with van der Waals surface area (Å²) in [7, 11) is 0. The summed E-state index contributed by atoms with van der Waals surface area (Å²) in [4.78, 5) is 9.24. The lowest BCUT2D eigenvalue weighted by Crippen LogP contribution is -2.48. The summed E-state index contributed by atoms with van der Waals surface area (Å²) in [6.07, 6.45) is 3.29. The lowest BCUT2D eigenvalue weighted by atomic mass is 10.2. The van der Waals surface area contributed by atoms with Gasteiger partial charge in [-0.3, -0.25) is 9.80 Å². The Morgan fingerprint density at radius 3 is 2.52 bits per heavy atom. The van der Waals surface area contributed by atoms with Gasteiger partial charge < -0.3 is 14.2 Å². The second-order valence-corrected chi connectivity index (χ2v) is 7.78. The Kier molecular flexibility index (Phi) is 6.30. The monoisotopic (exact) mass is 418 g/mol. The molecule has 1 atom stereocenters. The molecule has 1 fully saturated rings. The SMILES string of the molecule is O[C@@H](COc1ccc(F)cc1)CN1CCN(Cc2cn3cc(Cl)ccc3n2)CC1. The summed E-state index contributed by atoms with van der Waals surface area (Å²) in [5, 5.41) is 10.9. The van der Waals surface area contributed by atoms with Gasteiger partial charge in [-0.1, -0.05) is 11.6 Å². The number of hydrogen-bond donors (Lipinski definition) is 1. The molecule has 1 N–H and O–H groups in total. The molecule has 1 aliphatic heterocycles. The Hall–Kier alpha value is -2.19. The van der Waals surface area contributed by atoms with Gasteiger partial charge in [0.05, 0.1) is 10.7 Å². The molecule has 8 heteroatoms. The van der Waals surface area contributed by atoms with Crippen LogP contribution in [0, 0.1) is 5.82 Å². The fraction of sp³-hybridized carbons (Fsp3) is 0.381. The molecule has 0 bridgehead atoms. The minimum Gasteiger partial charge on any atom is -0.491 e. The van der Waals surface area contributed by atoms with Crippen LogP contribution in [0.4, 0.5) is 4.39 Å². The number of ether oxygens (including phenoxy) is 1. The van der Waals surface area contributed by atoms with Crippen LogP contribution in [0.3, 0.4) is 0 Å². The van der Waals surface area contributed by atoms with E-state index in [1.807, 2.05) is 28.9 Å². The fourth-order valence-electron chi connectivity index (χ4n) is 3.53. The van der Waals surface area contributed by atoms with Crippen LogP contribution in [-0.4, -0.2) is 69.7 Å². The number of halogens is 2. The van der Waals surface area contributed by atoms with Crippen LogP contribution in [0.5, 0.6) is 5.75 Å². The Bertz CT molecular complexity index is 942. The van der Waals surface area contributed by atoms with E-state index in [0.29, 0.717) is 17.3 Å². The molecule has 29 heavy (non-hydrogen) atoms. The molecule has 0 radical (unpaired) electrons. The highest BCUT2D eigenvalue weighted by atomic mass is 35.5. The van der Waals surface area contributed by atoms with E-state index >= 15 is 0 Å². The van der Waals surface area contributed by atoms with Crippen LogP contribution in [0.25, 0.3) is 5.65 Å². The number of imidazole rings is 1. The van der Waals surface area contributed by atoms with Gasteiger partial charge in [-0.25, -0.2) is 9.37 Å². The molecular formula is C21H24ClFN4O2. The average molecular weight is 419 g/mol. The summed E-state index contributed by atoms with van der Waals surface area (Å²) in [5.41, 5.74) is 1.92. The van der Waals surface area contributed by atoms with Crippen molar-refractivity contribution in [2.75, 3.05) is 39.3 Å². The summed E-state index contributed by atoms with van der Waals surface area (Å²) in [5.74, 6) is 0.257. The van der Waals surface area contributed by atoms with E-state index in [-0.39, 0.29) is 12.4 Å². The number of fused-ring (bicyclic) bond motifs is 1. The third-order valence-corrected chi connectivity index (χ3v) is 5.26. The van der Waals surface area contributed by atoms with Crippen LogP contribution in [0.15, 0.2) is 48.8 Å². The van der Waals surface area contributed by atoms with Crippen LogP contribution in [0.1, 0.15) is 5.69 Å². The summed E-state index contributed by atoms with van der Waals surface area (Å²) < 4.78 is 20.4. The smallest absolute Gasteiger partial charge is 0.137 e. The Labute approximate surface area is 174 Å². The molecule has 0 amide bonds. The van der Waals surface area contributed by atoms with E-state index < -0.39 is 6.10 Å². The highest BCUT2D eigenvalue weighted by molar-refractivity contribution is 6.30. The van der Waals surface area contributed by atoms with E-state index in [4.69, 9.17) is 16.3 Å². The van der Waals surface area contributed by atoms with Crippen molar-refractivity contribution in [3.63, 3.8) is 0 Å². The number of pyridine rings is 1. The number of piperazine rings is 1.